The molecule has 162 valence electrons. The lowest BCUT2D eigenvalue weighted by molar-refractivity contribution is -0.117. The van der Waals surface area contributed by atoms with Gasteiger partial charge in [0.25, 0.3) is 0 Å². The molecule has 1 unspecified atom stereocenters. The van der Waals surface area contributed by atoms with Crippen molar-refractivity contribution in [1.82, 2.24) is 5.09 Å². The van der Waals surface area contributed by atoms with Crippen molar-refractivity contribution >= 4 is 31.5 Å². The molecule has 0 radical (unpaired) electrons. The van der Waals surface area contributed by atoms with Crippen LogP contribution in [0.2, 0.25) is 0 Å². The zero-order valence-corrected chi connectivity index (χ0v) is 19.1. The number of carbonyl (C=O) groups is 1. The Morgan fingerprint density at radius 1 is 0.833 bits per heavy atom. The first kappa shape index (κ1) is 24.0. The van der Waals surface area contributed by atoms with E-state index in [-0.39, 0.29) is 18.1 Å². The molecule has 2 aromatic rings. The normalized spacial score (nSPS) is 13.2. The van der Waals surface area contributed by atoms with E-state index in [1.54, 1.807) is 34.6 Å². The van der Waals surface area contributed by atoms with Crippen LogP contribution in [-0.2, 0) is 18.4 Å². The van der Waals surface area contributed by atoms with Crippen LogP contribution in [0.15, 0.2) is 54.6 Å². The number of carbonyl (C=O) groups excluding carboxylic acids is 1. The second-order valence-electron chi connectivity index (χ2n) is 7.51. The molecule has 0 fully saturated rings. The zero-order chi connectivity index (χ0) is 22.1. The largest absolute Gasteiger partial charge is 0.406 e. The number of hydrogen-bond acceptors (Lipinski definition) is 4. The second-order valence-corrected chi connectivity index (χ2v) is 9.19. The lowest BCUT2D eigenvalue weighted by atomic mass is 10.1. The van der Waals surface area contributed by atoms with Crippen molar-refractivity contribution < 1.29 is 18.4 Å². The SMILES string of the molecule is CC(C)OP(=O)(NC(C)C(=O)Nc1ccc(/C=C/c2ccccc2)cc1)OC(C)C. The van der Waals surface area contributed by atoms with Crippen LogP contribution in [0.25, 0.3) is 12.2 Å². The number of benzene rings is 2. The van der Waals surface area contributed by atoms with E-state index in [0.717, 1.165) is 11.1 Å². The Hall–Kier alpha value is -2.24. The number of amides is 1. The summed E-state index contributed by atoms with van der Waals surface area (Å²) in [5, 5.41) is 5.53. The molecular formula is C23H31N2O4P. The molecule has 0 heterocycles. The van der Waals surface area contributed by atoms with E-state index in [4.69, 9.17) is 9.05 Å². The molecule has 0 bridgehead atoms. The first-order valence-electron chi connectivity index (χ1n) is 10.1. The molecule has 0 aliphatic carbocycles. The standard InChI is InChI=1S/C23H31N2O4P/c1-17(2)28-30(27,29-18(3)4)25-19(5)23(26)24-22-15-13-21(14-16-22)12-11-20-9-7-6-8-10-20/h6-19H,1-5H3,(H,24,26)(H,25,27)/b12-11+. The van der Waals surface area contributed by atoms with E-state index in [2.05, 4.69) is 10.4 Å². The van der Waals surface area contributed by atoms with Gasteiger partial charge in [-0.05, 0) is 57.9 Å². The van der Waals surface area contributed by atoms with Crippen LogP contribution in [0.1, 0.15) is 45.7 Å². The minimum atomic E-state index is -3.61. The van der Waals surface area contributed by atoms with Gasteiger partial charge in [-0.3, -0.25) is 13.8 Å². The van der Waals surface area contributed by atoms with E-state index < -0.39 is 13.8 Å². The van der Waals surface area contributed by atoms with Gasteiger partial charge in [0.2, 0.25) is 5.91 Å². The fourth-order valence-electron chi connectivity index (χ4n) is 2.62. The highest BCUT2D eigenvalue weighted by molar-refractivity contribution is 7.51. The third-order valence-electron chi connectivity index (χ3n) is 3.89. The van der Waals surface area contributed by atoms with E-state index in [1.165, 1.54) is 0 Å². The molecule has 7 heteroatoms. The van der Waals surface area contributed by atoms with E-state index in [0.29, 0.717) is 5.69 Å². The van der Waals surface area contributed by atoms with Gasteiger partial charge in [-0.2, -0.15) is 0 Å². The van der Waals surface area contributed by atoms with Gasteiger partial charge < -0.3 is 5.32 Å². The van der Waals surface area contributed by atoms with Crippen LogP contribution < -0.4 is 10.4 Å². The zero-order valence-electron chi connectivity index (χ0n) is 18.2. The van der Waals surface area contributed by atoms with Crippen LogP contribution >= 0.6 is 7.75 Å². The summed E-state index contributed by atoms with van der Waals surface area (Å²) in [4.78, 5) is 12.5. The number of anilines is 1. The number of hydrogen-bond donors (Lipinski definition) is 2. The summed E-state index contributed by atoms with van der Waals surface area (Å²) in [7, 11) is -3.61. The van der Waals surface area contributed by atoms with Crippen molar-refractivity contribution in [2.24, 2.45) is 0 Å². The first-order valence-corrected chi connectivity index (χ1v) is 11.6. The maximum atomic E-state index is 12.9. The highest BCUT2D eigenvalue weighted by Gasteiger charge is 2.32. The topological polar surface area (TPSA) is 76.7 Å². The van der Waals surface area contributed by atoms with Crippen LogP contribution in [0.4, 0.5) is 5.69 Å². The third kappa shape index (κ3) is 8.25. The van der Waals surface area contributed by atoms with Gasteiger partial charge in [-0.25, -0.2) is 9.65 Å². The van der Waals surface area contributed by atoms with Crippen LogP contribution in [0.5, 0.6) is 0 Å². The van der Waals surface area contributed by atoms with Crippen molar-refractivity contribution in [2.45, 2.75) is 52.9 Å². The first-order chi connectivity index (χ1) is 14.2. The maximum Gasteiger partial charge on any atom is 0.406 e. The van der Waals surface area contributed by atoms with Crippen LogP contribution in [0, 0.1) is 0 Å². The van der Waals surface area contributed by atoms with Gasteiger partial charge in [0.05, 0.1) is 18.2 Å². The summed E-state index contributed by atoms with van der Waals surface area (Å²) < 4.78 is 23.8. The van der Waals surface area contributed by atoms with E-state index >= 15 is 0 Å². The fraction of sp³-hybridized carbons (Fsp3) is 0.348. The smallest absolute Gasteiger partial charge is 0.325 e. The third-order valence-corrected chi connectivity index (χ3v) is 5.99. The summed E-state index contributed by atoms with van der Waals surface area (Å²) in [5.41, 5.74) is 2.78. The Bertz CT molecular complexity index is 866. The Balaban J connectivity index is 1.97. The van der Waals surface area contributed by atoms with Crippen molar-refractivity contribution in [2.75, 3.05) is 5.32 Å². The minimum absolute atomic E-state index is 0.311. The Morgan fingerprint density at radius 3 is 1.83 bits per heavy atom. The Labute approximate surface area is 179 Å². The molecule has 0 saturated carbocycles. The lowest BCUT2D eigenvalue weighted by Crippen LogP contribution is -2.37. The molecule has 30 heavy (non-hydrogen) atoms. The lowest BCUT2D eigenvalue weighted by Gasteiger charge is -2.25. The Morgan fingerprint density at radius 2 is 1.33 bits per heavy atom. The molecule has 1 amide bonds. The molecule has 6 nitrogen and oxygen atoms in total. The summed E-state index contributed by atoms with van der Waals surface area (Å²) in [6.45, 7) is 8.66. The van der Waals surface area contributed by atoms with Crippen LogP contribution in [-0.4, -0.2) is 24.2 Å². The van der Waals surface area contributed by atoms with Crippen molar-refractivity contribution in [3.8, 4) is 0 Å². The highest BCUT2D eigenvalue weighted by atomic mass is 31.2. The maximum absolute atomic E-state index is 12.9. The monoisotopic (exact) mass is 430 g/mol. The van der Waals surface area contributed by atoms with E-state index in [1.807, 2.05) is 66.7 Å². The predicted octanol–water partition coefficient (Wildman–Crippen LogP) is 5.73. The van der Waals surface area contributed by atoms with Gasteiger partial charge in [0.1, 0.15) is 0 Å². The molecular weight excluding hydrogens is 399 g/mol. The summed E-state index contributed by atoms with van der Waals surface area (Å²) in [6.07, 6.45) is 3.41. The average Bonchev–Trinajstić information content (AvgIpc) is 2.66. The molecule has 0 spiro atoms. The quantitative estimate of drug-likeness (QED) is 0.372. The molecule has 0 aliphatic rings. The van der Waals surface area contributed by atoms with E-state index in [9.17, 15) is 9.36 Å². The van der Waals surface area contributed by atoms with Crippen LogP contribution in [0.3, 0.4) is 0 Å². The van der Waals surface area contributed by atoms with Gasteiger partial charge in [0, 0.05) is 5.69 Å². The second kappa shape index (κ2) is 11.2. The number of nitrogens with one attached hydrogen (secondary N) is 2. The summed E-state index contributed by atoms with van der Waals surface area (Å²) in [6, 6.07) is 16.7. The average molecular weight is 430 g/mol. The van der Waals surface area contributed by atoms with Gasteiger partial charge in [-0.1, -0.05) is 54.6 Å². The van der Waals surface area contributed by atoms with Gasteiger partial charge in [-0.15, -0.1) is 0 Å². The van der Waals surface area contributed by atoms with Crippen molar-refractivity contribution in [3.05, 3.63) is 65.7 Å². The molecule has 2 aromatic carbocycles. The summed E-state index contributed by atoms with van der Waals surface area (Å²) >= 11 is 0. The van der Waals surface area contributed by atoms with Crippen molar-refractivity contribution in [1.29, 1.82) is 0 Å². The Kier molecular flexibility index (Phi) is 9.00. The molecule has 2 N–H and O–H groups in total. The molecule has 1 atom stereocenters. The minimum Gasteiger partial charge on any atom is -0.325 e. The van der Waals surface area contributed by atoms with Gasteiger partial charge in [0.15, 0.2) is 0 Å². The summed E-state index contributed by atoms with van der Waals surface area (Å²) in [5.74, 6) is -0.331. The molecule has 0 saturated heterocycles. The van der Waals surface area contributed by atoms with Crippen molar-refractivity contribution in [3.63, 3.8) is 0 Å². The fourth-order valence-corrected chi connectivity index (χ4v) is 4.49. The molecule has 0 aromatic heterocycles. The van der Waals surface area contributed by atoms with Gasteiger partial charge >= 0.3 is 7.75 Å². The number of rotatable bonds is 10. The highest BCUT2D eigenvalue weighted by Crippen LogP contribution is 2.46. The molecule has 2 rings (SSSR count). The molecule has 0 aliphatic heterocycles. The predicted molar refractivity (Wildman–Crippen MR) is 123 cm³/mol.